The Hall–Kier alpha value is -2.03. The summed E-state index contributed by atoms with van der Waals surface area (Å²) in [5.74, 6) is 0.387. The van der Waals surface area contributed by atoms with E-state index in [0.717, 1.165) is 30.0 Å². The maximum Gasteiger partial charge on any atom is 0.344 e. The van der Waals surface area contributed by atoms with Gasteiger partial charge in [-0.3, -0.25) is 0 Å². The van der Waals surface area contributed by atoms with E-state index in [1.807, 2.05) is 49.4 Å². The molecule has 3 nitrogen and oxygen atoms in total. The summed E-state index contributed by atoms with van der Waals surface area (Å²) < 4.78 is 10.9. The summed E-state index contributed by atoms with van der Waals surface area (Å²) in [6.45, 7) is 4.07. The first-order chi connectivity index (χ1) is 10.2. The number of hydrogen-bond acceptors (Lipinski definition) is 3. The third-order valence-electron chi connectivity index (χ3n) is 3.44. The van der Waals surface area contributed by atoms with Crippen LogP contribution in [0.15, 0.2) is 42.5 Å². The van der Waals surface area contributed by atoms with Gasteiger partial charge in [0.2, 0.25) is 0 Å². The lowest BCUT2D eigenvalue weighted by Gasteiger charge is -2.15. The highest BCUT2D eigenvalue weighted by Gasteiger charge is 2.12. The first-order valence-corrected chi connectivity index (χ1v) is 7.54. The molecular formula is C18H22O3. The van der Waals surface area contributed by atoms with Crippen molar-refractivity contribution in [2.75, 3.05) is 6.61 Å². The van der Waals surface area contributed by atoms with Gasteiger partial charge in [0, 0.05) is 0 Å². The molecular weight excluding hydrogens is 264 g/mol. The Morgan fingerprint density at radius 2 is 1.86 bits per heavy atom. The van der Waals surface area contributed by atoms with Crippen molar-refractivity contribution in [2.24, 2.45) is 0 Å². The van der Waals surface area contributed by atoms with Gasteiger partial charge < -0.3 is 9.47 Å². The van der Waals surface area contributed by atoms with E-state index in [4.69, 9.17) is 9.47 Å². The van der Waals surface area contributed by atoms with E-state index in [-0.39, 0.29) is 18.7 Å². The molecule has 0 radical (unpaired) electrons. The van der Waals surface area contributed by atoms with Gasteiger partial charge in [-0.1, -0.05) is 50.6 Å². The van der Waals surface area contributed by atoms with Crippen molar-refractivity contribution in [3.05, 3.63) is 42.5 Å². The van der Waals surface area contributed by atoms with Crippen LogP contribution in [0.1, 0.15) is 33.1 Å². The lowest BCUT2D eigenvalue weighted by atomic mass is 10.1. The molecule has 112 valence electrons. The minimum Gasteiger partial charge on any atom is -0.482 e. The molecule has 0 N–H and O–H groups in total. The van der Waals surface area contributed by atoms with Crippen molar-refractivity contribution >= 4 is 16.7 Å². The van der Waals surface area contributed by atoms with Crippen LogP contribution in [0.5, 0.6) is 5.75 Å². The number of fused-ring (bicyclic) bond motifs is 1. The van der Waals surface area contributed by atoms with Gasteiger partial charge in [-0.15, -0.1) is 0 Å². The maximum atomic E-state index is 11.8. The molecule has 0 bridgehead atoms. The molecule has 0 aromatic heterocycles. The first-order valence-electron chi connectivity index (χ1n) is 7.54. The van der Waals surface area contributed by atoms with Gasteiger partial charge in [-0.25, -0.2) is 4.79 Å². The molecule has 2 aromatic carbocycles. The Morgan fingerprint density at radius 3 is 2.57 bits per heavy atom. The second-order valence-corrected chi connectivity index (χ2v) is 5.11. The van der Waals surface area contributed by atoms with Crippen LogP contribution in [0.4, 0.5) is 0 Å². The van der Waals surface area contributed by atoms with Crippen LogP contribution in [-0.4, -0.2) is 18.7 Å². The minimum atomic E-state index is -0.302. The highest BCUT2D eigenvalue weighted by atomic mass is 16.6. The lowest BCUT2D eigenvalue weighted by Crippen LogP contribution is -2.22. The molecule has 0 amide bonds. The molecule has 0 aliphatic carbocycles. The number of esters is 1. The topological polar surface area (TPSA) is 35.5 Å². The fourth-order valence-electron chi connectivity index (χ4n) is 2.29. The quantitative estimate of drug-likeness (QED) is 0.710. The van der Waals surface area contributed by atoms with Gasteiger partial charge in [0.05, 0.1) is 0 Å². The van der Waals surface area contributed by atoms with Gasteiger partial charge in [0.15, 0.2) is 6.61 Å². The molecule has 0 aliphatic heterocycles. The summed E-state index contributed by atoms with van der Waals surface area (Å²) >= 11 is 0. The number of rotatable bonds is 7. The summed E-state index contributed by atoms with van der Waals surface area (Å²) in [6, 6.07) is 13.8. The van der Waals surface area contributed by atoms with Gasteiger partial charge in [0.1, 0.15) is 11.9 Å². The molecule has 0 aliphatic rings. The average Bonchev–Trinajstić information content (AvgIpc) is 2.52. The van der Waals surface area contributed by atoms with Crippen LogP contribution in [0.3, 0.4) is 0 Å². The number of carbonyl (C=O) groups excluding carboxylic acids is 1. The van der Waals surface area contributed by atoms with Crippen LogP contribution in [0, 0.1) is 0 Å². The number of hydrogen-bond donors (Lipinski definition) is 0. The highest BCUT2D eigenvalue weighted by Crippen LogP contribution is 2.20. The van der Waals surface area contributed by atoms with Gasteiger partial charge in [0.25, 0.3) is 0 Å². The highest BCUT2D eigenvalue weighted by molar-refractivity contribution is 5.83. The number of carbonyl (C=O) groups is 1. The predicted molar refractivity (Wildman–Crippen MR) is 84.5 cm³/mol. The summed E-state index contributed by atoms with van der Waals surface area (Å²) in [7, 11) is 0. The summed E-state index contributed by atoms with van der Waals surface area (Å²) in [5, 5.41) is 2.25. The second-order valence-electron chi connectivity index (χ2n) is 5.11. The summed E-state index contributed by atoms with van der Waals surface area (Å²) in [4.78, 5) is 11.8. The maximum absolute atomic E-state index is 11.8. The van der Waals surface area contributed by atoms with E-state index < -0.39 is 0 Å². The van der Waals surface area contributed by atoms with E-state index in [9.17, 15) is 4.79 Å². The van der Waals surface area contributed by atoms with E-state index in [2.05, 4.69) is 6.92 Å². The summed E-state index contributed by atoms with van der Waals surface area (Å²) in [6.07, 6.45) is 2.76. The number of ether oxygens (including phenoxy) is 2. The fraction of sp³-hybridized carbons (Fsp3) is 0.389. The van der Waals surface area contributed by atoms with Crippen LogP contribution < -0.4 is 4.74 Å². The molecule has 3 heteroatoms. The van der Waals surface area contributed by atoms with Crippen LogP contribution in [-0.2, 0) is 9.53 Å². The molecule has 2 rings (SSSR count). The Balaban J connectivity index is 1.90. The normalized spacial score (nSPS) is 12.1. The van der Waals surface area contributed by atoms with E-state index in [1.54, 1.807) is 0 Å². The number of benzene rings is 2. The minimum absolute atomic E-state index is 0.00250. The van der Waals surface area contributed by atoms with Crippen molar-refractivity contribution in [1.82, 2.24) is 0 Å². The molecule has 0 saturated heterocycles. The third-order valence-corrected chi connectivity index (χ3v) is 3.44. The standard InChI is InChI=1S/C18H22O3/c1-3-7-16(4-2)21-18(19)13-20-17-11-10-14-8-5-6-9-15(14)12-17/h5-6,8-12,16H,3-4,7,13H2,1-2H3. The Morgan fingerprint density at radius 1 is 1.10 bits per heavy atom. The van der Waals surface area contributed by atoms with Gasteiger partial charge in [-0.05, 0) is 35.7 Å². The SMILES string of the molecule is CCCC(CC)OC(=O)COc1ccc2ccccc2c1. The molecule has 2 aromatic rings. The van der Waals surface area contributed by atoms with Crippen molar-refractivity contribution in [1.29, 1.82) is 0 Å². The van der Waals surface area contributed by atoms with Crippen LogP contribution >= 0.6 is 0 Å². The van der Waals surface area contributed by atoms with Gasteiger partial charge in [-0.2, -0.15) is 0 Å². The Bertz CT molecular complexity index is 592. The first kappa shape index (κ1) is 15.4. The zero-order valence-corrected chi connectivity index (χ0v) is 12.7. The van der Waals surface area contributed by atoms with Crippen LogP contribution in [0.25, 0.3) is 10.8 Å². The van der Waals surface area contributed by atoms with Gasteiger partial charge >= 0.3 is 5.97 Å². The molecule has 0 heterocycles. The molecule has 1 unspecified atom stereocenters. The van der Waals surface area contributed by atoms with E-state index in [0.29, 0.717) is 5.75 Å². The lowest BCUT2D eigenvalue weighted by molar-refractivity contribution is -0.151. The van der Waals surface area contributed by atoms with Crippen LogP contribution in [0.2, 0.25) is 0 Å². The molecule has 0 saturated carbocycles. The Labute approximate surface area is 125 Å². The Kier molecular flexibility index (Phi) is 5.61. The third kappa shape index (κ3) is 4.48. The average molecular weight is 286 g/mol. The van der Waals surface area contributed by atoms with Crippen molar-refractivity contribution < 1.29 is 14.3 Å². The monoisotopic (exact) mass is 286 g/mol. The molecule has 21 heavy (non-hydrogen) atoms. The second kappa shape index (κ2) is 7.67. The van der Waals surface area contributed by atoms with E-state index >= 15 is 0 Å². The fourth-order valence-corrected chi connectivity index (χ4v) is 2.29. The smallest absolute Gasteiger partial charge is 0.344 e. The zero-order chi connectivity index (χ0) is 15.1. The van der Waals surface area contributed by atoms with Crippen molar-refractivity contribution in [2.45, 2.75) is 39.2 Å². The van der Waals surface area contributed by atoms with E-state index in [1.165, 1.54) is 0 Å². The molecule has 1 atom stereocenters. The predicted octanol–water partition coefficient (Wildman–Crippen LogP) is 4.34. The zero-order valence-electron chi connectivity index (χ0n) is 12.7. The molecule has 0 spiro atoms. The largest absolute Gasteiger partial charge is 0.482 e. The van der Waals surface area contributed by atoms with Crippen molar-refractivity contribution in [3.8, 4) is 5.75 Å². The molecule has 0 fully saturated rings. The summed E-state index contributed by atoms with van der Waals surface area (Å²) in [5.41, 5.74) is 0. The van der Waals surface area contributed by atoms with Crippen molar-refractivity contribution in [3.63, 3.8) is 0 Å².